The molecular weight excluding hydrogens is 384 g/mol. The van der Waals surface area contributed by atoms with Crippen molar-refractivity contribution >= 4 is 39.0 Å². The lowest BCUT2D eigenvalue weighted by Gasteiger charge is -2.06. The quantitative estimate of drug-likeness (QED) is 0.651. The molecule has 0 bridgehead atoms. The van der Waals surface area contributed by atoms with E-state index in [0.29, 0.717) is 0 Å². The highest BCUT2D eigenvalue weighted by atomic mass is 79.9. The van der Waals surface area contributed by atoms with Gasteiger partial charge in [-0.3, -0.25) is 5.10 Å². The van der Waals surface area contributed by atoms with Crippen molar-refractivity contribution in [2.24, 2.45) is 0 Å². The van der Waals surface area contributed by atoms with E-state index in [1.54, 1.807) is 30.2 Å². The van der Waals surface area contributed by atoms with Crippen molar-refractivity contribution in [3.8, 4) is 16.3 Å². The number of aryl methyl sites for hydroxylation is 1. The van der Waals surface area contributed by atoms with Gasteiger partial charge in [-0.25, -0.2) is 9.97 Å². The molecule has 0 unspecified atom stereocenters. The van der Waals surface area contributed by atoms with Crippen LogP contribution >= 0.6 is 39.0 Å². The lowest BCUT2D eigenvalue weighted by molar-refractivity contribution is 0.416. The van der Waals surface area contributed by atoms with Crippen LogP contribution in [-0.2, 0) is 5.75 Å². The second kappa shape index (κ2) is 6.80. The molecule has 0 saturated heterocycles. The van der Waals surface area contributed by atoms with E-state index in [-0.39, 0.29) is 0 Å². The Kier molecular flexibility index (Phi) is 4.80. The summed E-state index contributed by atoms with van der Waals surface area (Å²) in [5.74, 6) is 2.38. The number of hydrogen-bond acceptors (Lipinski definition) is 6. The van der Waals surface area contributed by atoms with Gasteiger partial charge in [-0.2, -0.15) is 0 Å². The highest BCUT2D eigenvalue weighted by molar-refractivity contribution is 9.10. The number of hydrogen-bond donors (Lipinski definition) is 1. The van der Waals surface area contributed by atoms with Gasteiger partial charge in [0.05, 0.1) is 18.4 Å². The second-order valence-electron chi connectivity index (χ2n) is 4.48. The average Bonchev–Trinajstić information content (AvgIpc) is 3.14. The largest absolute Gasteiger partial charge is 0.496 e. The number of H-pyrrole nitrogens is 1. The van der Waals surface area contributed by atoms with Gasteiger partial charge >= 0.3 is 0 Å². The molecule has 0 aliphatic heterocycles. The van der Waals surface area contributed by atoms with Crippen LogP contribution in [0.5, 0.6) is 5.75 Å². The fourth-order valence-electron chi connectivity index (χ4n) is 1.87. The predicted molar refractivity (Wildman–Crippen MR) is 92.5 cm³/mol. The topological polar surface area (TPSA) is 63.7 Å². The van der Waals surface area contributed by atoms with E-state index in [4.69, 9.17) is 4.74 Å². The summed E-state index contributed by atoms with van der Waals surface area (Å²) in [5.41, 5.74) is 2.00. The summed E-state index contributed by atoms with van der Waals surface area (Å²) in [7, 11) is 1.67. The Morgan fingerprint density at radius 1 is 1.36 bits per heavy atom. The predicted octanol–water partition coefficient (Wildman–Crippen LogP) is 4.30. The Labute approximate surface area is 144 Å². The van der Waals surface area contributed by atoms with Crippen molar-refractivity contribution in [3.63, 3.8) is 0 Å². The highest BCUT2D eigenvalue weighted by Crippen LogP contribution is 2.35. The number of aromatic amines is 1. The zero-order chi connectivity index (χ0) is 15.5. The zero-order valence-corrected chi connectivity index (χ0v) is 15.2. The Morgan fingerprint density at radius 3 is 2.95 bits per heavy atom. The molecule has 114 valence electrons. The summed E-state index contributed by atoms with van der Waals surface area (Å²) < 4.78 is 6.42. The molecule has 0 fully saturated rings. The maximum absolute atomic E-state index is 5.41. The van der Waals surface area contributed by atoms with Gasteiger partial charge in [0.25, 0.3) is 0 Å². The highest BCUT2D eigenvalue weighted by Gasteiger charge is 2.12. The van der Waals surface area contributed by atoms with Crippen LogP contribution in [0.2, 0.25) is 0 Å². The number of thiazole rings is 1. The van der Waals surface area contributed by atoms with Crippen LogP contribution in [0, 0.1) is 6.92 Å². The molecule has 0 aliphatic carbocycles. The van der Waals surface area contributed by atoms with E-state index < -0.39 is 0 Å². The molecule has 5 nitrogen and oxygen atoms in total. The van der Waals surface area contributed by atoms with E-state index in [0.717, 1.165) is 43.2 Å². The average molecular weight is 397 g/mol. The van der Waals surface area contributed by atoms with Crippen LogP contribution in [0.1, 0.15) is 11.5 Å². The zero-order valence-electron chi connectivity index (χ0n) is 12.0. The third-order valence-corrected chi connectivity index (χ3v) is 5.17. The molecule has 0 atom stereocenters. The number of methoxy groups -OCH3 is 1. The van der Waals surface area contributed by atoms with Gasteiger partial charge in [0.15, 0.2) is 0 Å². The van der Waals surface area contributed by atoms with E-state index in [1.165, 1.54) is 0 Å². The maximum atomic E-state index is 5.41. The van der Waals surface area contributed by atoms with Crippen molar-refractivity contribution in [2.45, 2.75) is 17.8 Å². The van der Waals surface area contributed by atoms with Gasteiger partial charge in [-0.05, 0) is 25.1 Å². The maximum Gasteiger partial charge on any atom is 0.208 e. The van der Waals surface area contributed by atoms with Gasteiger partial charge in [0.1, 0.15) is 16.6 Å². The first-order chi connectivity index (χ1) is 10.7. The van der Waals surface area contributed by atoms with Gasteiger partial charge in [-0.15, -0.1) is 16.4 Å². The number of halogens is 1. The third kappa shape index (κ3) is 3.50. The van der Waals surface area contributed by atoms with E-state index >= 15 is 0 Å². The molecule has 0 saturated carbocycles. The first kappa shape index (κ1) is 15.5. The number of aromatic nitrogens is 4. The Balaban J connectivity index is 1.77. The number of benzene rings is 1. The monoisotopic (exact) mass is 396 g/mol. The minimum atomic E-state index is 0.740. The molecule has 1 aromatic carbocycles. The van der Waals surface area contributed by atoms with E-state index in [2.05, 4.69) is 41.5 Å². The van der Waals surface area contributed by atoms with Gasteiger partial charge in [0.2, 0.25) is 5.16 Å². The third-order valence-electron chi connectivity index (χ3n) is 2.87. The molecule has 0 amide bonds. The molecule has 0 radical (unpaired) electrons. The van der Waals surface area contributed by atoms with Crippen LogP contribution in [0.15, 0.2) is 33.2 Å². The van der Waals surface area contributed by atoms with Gasteiger partial charge in [-0.1, -0.05) is 27.7 Å². The summed E-state index contributed by atoms with van der Waals surface area (Å²) in [4.78, 5) is 8.96. The molecule has 2 heterocycles. The summed E-state index contributed by atoms with van der Waals surface area (Å²) in [6.45, 7) is 1.89. The summed E-state index contributed by atoms with van der Waals surface area (Å²) in [6, 6.07) is 5.91. The smallest absolute Gasteiger partial charge is 0.208 e. The molecule has 0 spiro atoms. The van der Waals surface area contributed by atoms with E-state index in [1.807, 2.05) is 25.1 Å². The van der Waals surface area contributed by atoms with Gasteiger partial charge < -0.3 is 4.74 Å². The van der Waals surface area contributed by atoms with Gasteiger partial charge in [0, 0.05) is 15.6 Å². The minimum absolute atomic E-state index is 0.740. The number of ether oxygens (including phenoxy) is 1. The molecule has 3 rings (SSSR count). The summed E-state index contributed by atoms with van der Waals surface area (Å²) in [6.07, 6.45) is 0. The molecule has 2 aromatic heterocycles. The number of nitrogens with one attached hydrogen (secondary N) is 1. The van der Waals surface area contributed by atoms with Crippen molar-refractivity contribution in [2.75, 3.05) is 7.11 Å². The SMILES string of the molecule is COc1ccc(Br)cc1-c1nc(CSc2n[nH]c(C)n2)cs1. The fraction of sp³-hybridized carbons (Fsp3) is 0.214. The first-order valence-corrected chi connectivity index (χ1v) is 9.11. The standard InChI is InChI=1S/C14H13BrN4OS2/c1-8-16-14(19-18-8)22-7-10-6-21-13(17-10)11-5-9(15)3-4-12(11)20-2/h3-6H,7H2,1-2H3,(H,16,18,19). The molecule has 3 aromatic rings. The number of nitrogens with zero attached hydrogens (tertiary/aromatic N) is 3. The molecule has 0 aliphatic rings. The number of rotatable bonds is 5. The molecule has 1 N–H and O–H groups in total. The van der Waals surface area contributed by atoms with Crippen LogP contribution in [0.4, 0.5) is 0 Å². The Morgan fingerprint density at radius 2 is 2.23 bits per heavy atom. The van der Waals surface area contributed by atoms with Crippen LogP contribution in [-0.4, -0.2) is 27.3 Å². The lowest BCUT2D eigenvalue weighted by Crippen LogP contribution is -1.88. The second-order valence-corrected chi connectivity index (χ2v) is 7.20. The fourth-order valence-corrected chi connectivity index (χ4v) is 3.91. The Bertz CT molecular complexity index is 787. The molecule has 8 heteroatoms. The first-order valence-electron chi connectivity index (χ1n) is 6.46. The van der Waals surface area contributed by atoms with Crippen LogP contribution in [0.3, 0.4) is 0 Å². The molecular formula is C14H13BrN4OS2. The van der Waals surface area contributed by atoms with Crippen LogP contribution < -0.4 is 4.74 Å². The molecule has 22 heavy (non-hydrogen) atoms. The lowest BCUT2D eigenvalue weighted by atomic mass is 10.2. The number of thioether (sulfide) groups is 1. The van der Waals surface area contributed by atoms with E-state index in [9.17, 15) is 0 Å². The minimum Gasteiger partial charge on any atom is -0.496 e. The van der Waals surface area contributed by atoms with Crippen molar-refractivity contribution in [1.29, 1.82) is 0 Å². The summed E-state index contributed by atoms with van der Waals surface area (Å²) >= 11 is 6.66. The Hall–Kier alpha value is -1.38. The van der Waals surface area contributed by atoms with Crippen molar-refractivity contribution < 1.29 is 4.74 Å². The normalized spacial score (nSPS) is 10.9. The summed E-state index contributed by atoms with van der Waals surface area (Å²) in [5, 5.41) is 10.7. The van der Waals surface area contributed by atoms with Crippen molar-refractivity contribution in [1.82, 2.24) is 20.2 Å². The van der Waals surface area contributed by atoms with Crippen molar-refractivity contribution in [3.05, 3.63) is 39.6 Å². The van der Waals surface area contributed by atoms with Crippen LogP contribution in [0.25, 0.3) is 10.6 Å².